The van der Waals surface area contributed by atoms with Gasteiger partial charge >= 0.3 is 0 Å². The highest BCUT2D eigenvalue weighted by atomic mass is 35.6. The van der Waals surface area contributed by atoms with Crippen LogP contribution in [-0.2, 0) is 0 Å². The summed E-state index contributed by atoms with van der Waals surface area (Å²) in [6.07, 6.45) is 0. The fraction of sp³-hybridized carbons (Fsp3) is 0.600. The van der Waals surface area contributed by atoms with Crippen LogP contribution >= 0.6 is 11.1 Å². The van der Waals surface area contributed by atoms with Crippen LogP contribution in [0.1, 0.15) is 152 Å². The van der Waals surface area contributed by atoms with Gasteiger partial charge in [-0.15, -0.1) is 0 Å². The van der Waals surface area contributed by atoms with Crippen molar-refractivity contribution in [3.8, 4) is 0 Å². The summed E-state index contributed by atoms with van der Waals surface area (Å²) in [5, 5.41) is 2.90. The molecule has 1 radical (unpaired) electrons. The summed E-state index contributed by atoms with van der Waals surface area (Å²) in [5.41, 5.74) is 8.72. The van der Waals surface area contributed by atoms with E-state index in [1.165, 1.54) is 43.8 Å². The summed E-state index contributed by atoms with van der Waals surface area (Å²) in [7, 11) is -1.45. The lowest BCUT2D eigenvalue weighted by Crippen LogP contribution is -2.46. The third kappa shape index (κ3) is 5.71. The first-order valence-corrected chi connectivity index (χ1v) is 15.2. The van der Waals surface area contributed by atoms with E-state index in [0.29, 0.717) is 35.5 Å². The minimum Gasteiger partial charge on any atom is -0.156 e. The highest BCUT2D eigenvalue weighted by molar-refractivity contribution is 7.22. The normalized spacial score (nSPS) is 12.6. The van der Waals surface area contributed by atoms with Crippen LogP contribution < -0.4 is 10.4 Å². The second-order valence-electron chi connectivity index (χ2n) is 11.4. The molecule has 0 aromatic heterocycles. The van der Waals surface area contributed by atoms with Crippen molar-refractivity contribution in [3.05, 3.63) is 57.6 Å². The van der Waals surface area contributed by atoms with Crippen LogP contribution in [-0.4, -0.2) is 8.11 Å². The Morgan fingerprint density at radius 1 is 0.438 bits per heavy atom. The van der Waals surface area contributed by atoms with Gasteiger partial charge in [-0.05, 0) is 79.3 Å². The Balaban J connectivity index is 2.94. The topological polar surface area (TPSA) is 0 Å². The van der Waals surface area contributed by atoms with E-state index in [2.05, 4.69) is 107 Å². The molecule has 0 fully saturated rings. The molecule has 0 spiro atoms. The first kappa shape index (κ1) is 27.2. The first-order valence-electron chi connectivity index (χ1n) is 12.7. The van der Waals surface area contributed by atoms with Crippen LogP contribution in [0.3, 0.4) is 0 Å². The molecule has 0 aliphatic heterocycles. The molecule has 0 saturated carbocycles. The molecule has 0 heterocycles. The summed E-state index contributed by atoms with van der Waals surface area (Å²) in [5.74, 6) is 2.88. The molecule has 177 valence electrons. The molecule has 2 aromatic carbocycles. The fourth-order valence-electron chi connectivity index (χ4n) is 4.54. The third-order valence-corrected chi connectivity index (χ3v) is 9.87. The number of rotatable bonds is 8. The van der Waals surface area contributed by atoms with E-state index in [0.717, 1.165) is 0 Å². The van der Waals surface area contributed by atoms with Gasteiger partial charge < -0.3 is 0 Å². The van der Waals surface area contributed by atoms with Crippen LogP contribution in [0.15, 0.2) is 24.3 Å². The van der Waals surface area contributed by atoms with Crippen LogP contribution in [0.2, 0.25) is 0 Å². The summed E-state index contributed by atoms with van der Waals surface area (Å²) >= 11 is 7.69. The molecule has 0 aliphatic carbocycles. The van der Waals surface area contributed by atoms with Gasteiger partial charge in [0.1, 0.15) is 0 Å². The van der Waals surface area contributed by atoms with Crippen molar-refractivity contribution in [1.82, 2.24) is 0 Å². The number of benzene rings is 2. The van der Waals surface area contributed by atoms with E-state index in [1.807, 2.05) is 0 Å². The van der Waals surface area contributed by atoms with Crippen LogP contribution in [0, 0.1) is 0 Å². The second-order valence-corrected chi connectivity index (χ2v) is 14.2. The van der Waals surface area contributed by atoms with Crippen molar-refractivity contribution in [2.45, 2.75) is 119 Å². The minimum atomic E-state index is -1.45. The molecule has 2 rings (SSSR count). The van der Waals surface area contributed by atoms with E-state index in [4.69, 9.17) is 11.1 Å². The Kier molecular flexibility index (Phi) is 9.28. The Morgan fingerprint density at radius 2 is 0.656 bits per heavy atom. The number of hydrogen-bond acceptors (Lipinski definition) is 0. The molecule has 2 aromatic rings. The second kappa shape index (κ2) is 10.9. The summed E-state index contributed by atoms with van der Waals surface area (Å²) in [4.78, 5) is 0. The Morgan fingerprint density at radius 3 is 0.812 bits per heavy atom. The molecule has 0 nitrogen and oxygen atoms in total. The van der Waals surface area contributed by atoms with Crippen molar-refractivity contribution in [2.24, 2.45) is 0 Å². The largest absolute Gasteiger partial charge is 0.235 e. The first-order chi connectivity index (χ1) is 14.8. The van der Waals surface area contributed by atoms with E-state index in [-0.39, 0.29) is 0 Å². The van der Waals surface area contributed by atoms with Gasteiger partial charge in [0.15, 0.2) is 0 Å². The molecular formula is C30H46ClSi. The minimum absolute atomic E-state index is 0.458. The zero-order valence-electron chi connectivity index (χ0n) is 22.7. The van der Waals surface area contributed by atoms with Gasteiger partial charge in [0, 0.05) is 0 Å². The standard InChI is InChI=1S/C30H46ClSi/c1-17(2)23-13-25(19(5)6)29(26(14-23)20(7)8)32(31)30-27(21(9)10)15-24(18(3)4)16-28(30)22(11)12/h13-22H,1-12H3. The zero-order valence-corrected chi connectivity index (χ0v) is 24.4. The summed E-state index contributed by atoms with van der Waals surface area (Å²) < 4.78 is 0. The summed E-state index contributed by atoms with van der Waals surface area (Å²) in [6, 6.07) is 9.82. The van der Waals surface area contributed by atoms with Crippen molar-refractivity contribution in [1.29, 1.82) is 0 Å². The van der Waals surface area contributed by atoms with E-state index in [9.17, 15) is 0 Å². The molecule has 0 amide bonds. The lowest BCUT2D eigenvalue weighted by molar-refractivity contribution is 0.810. The van der Waals surface area contributed by atoms with Crippen molar-refractivity contribution in [3.63, 3.8) is 0 Å². The lowest BCUT2D eigenvalue weighted by atomic mass is 9.89. The Hall–Kier alpha value is -1.05. The fourth-order valence-corrected chi connectivity index (χ4v) is 8.56. The number of hydrogen-bond donors (Lipinski definition) is 0. The van der Waals surface area contributed by atoms with Crippen molar-refractivity contribution in [2.75, 3.05) is 0 Å². The van der Waals surface area contributed by atoms with Gasteiger partial charge in [-0.3, -0.25) is 0 Å². The molecule has 0 atom stereocenters. The van der Waals surface area contributed by atoms with Gasteiger partial charge in [-0.25, -0.2) is 0 Å². The summed E-state index contributed by atoms with van der Waals surface area (Å²) in [6.45, 7) is 27.8. The van der Waals surface area contributed by atoms with Crippen molar-refractivity contribution >= 4 is 29.6 Å². The van der Waals surface area contributed by atoms with Gasteiger partial charge in [0.2, 0.25) is 8.11 Å². The SMILES string of the molecule is CC(C)c1cc(C(C)C)c([Si](Cl)c2c(C(C)C)cc(C(C)C)cc2C(C)C)c(C(C)C)c1. The average molecular weight is 470 g/mol. The highest BCUT2D eigenvalue weighted by Gasteiger charge is 2.31. The predicted molar refractivity (Wildman–Crippen MR) is 148 cm³/mol. The van der Waals surface area contributed by atoms with Crippen LogP contribution in [0.5, 0.6) is 0 Å². The molecule has 2 heteroatoms. The lowest BCUT2D eigenvalue weighted by Gasteiger charge is -2.29. The Labute approximate surface area is 205 Å². The third-order valence-electron chi connectivity index (χ3n) is 6.70. The molecular weight excluding hydrogens is 424 g/mol. The van der Waals surface area contributed by atoms with Crippen LogP contribution in [0.4, 0.5) is 0 Å². The quantitative estimate of drug-likeness (QED) is 0.267. The highest BCUT2D eigenvalue weighted by Crippen LogP contribution is 2.30. The van der Waals surface area contributed by atoms with Crippen LogP contribution in [0.25, 0.3) is 0 Å². The van der Waals surface area contributed by atoms with Gasteiger partial charge in [-0.2, -0.15) is 11.1 Å². The average Bonchev–Trinajstić information content (AvgIpc) is 2.70. The molecule has 0 bridgehead atoms. The number of halogens is 1. The van der Waals surface area contributed by atoms with Crippen molar-refractivity contribution < 1.29 is 0 Å². The molecule has 0 N–H and O–H groups in total. The monoisotopic (exact) mass is 469 g/mol. The molecule has 0 saturated heterocycles. The molecule has 0 unspecified atom stereocenters. The Bertz CT molecular complexity index is 785. The molecule has 0 aliphatic rings. The predicted octanol–water partition coefficient (Wildman–Crippen LogP) is 8.77. The molecule has 32 heavy (non-hydrogen) atoms. The maximum Gasteiger partial charge on any atom is 0.235 e. The van der Waals surface area contributed by atoms with Gasteiger partial charge in [0.05, 0.1) is 0 Å². The van der Waals surface area contributed by atoms with E-state index in [1.54, 1.807) is 0 Å². The van der Waals surface area contributed by atoms with E-state index >= 15 is 0 Å². The van der Waals surface area contributed by atoms with Gasteiger partial charge in [-0.1, -0.05) is 107 Å². The maximum absolute atomic E-state index is 7.69. The smallest absolute Gasteiger partial charge is 0.156 e. The van der Waals surface area contributed by atoms with E-state index < -0.39 is 8.11 Å². The maximum atomic E-state index is 7.69. The van der Waals surface area contributed by atoms with Gasteiger partial charge in [0.25, 0.3) is 0 Å². The zero-order chi connectivity index (χ0) is 24.5.